The third-order valence-corrected chi connectivity index (χ3v) is 7.76. The number of benzene rings is 1. The number of unbranched alkanes of at least 4 members (excludes halogenated alkanes) is 2. The van der Waals surface area contributed by atoms with Crippen LogP contribution in [0.3, 0.4) is 0 Å². The maximum absolute atomic E-state index is 13.2. The maximum Gasteiger partial charge on any atom is 0.303 e. The van der Waals surface area contributed by atoms with Crippen molar-refractivity contribution in [2.24, 2.45) is 0 Å². The highest BCUT2D eigenvalue weighted by Gasteiger charge is 2.32. The molecule has 2 N–H and O–H groups in total. The molecular weight excluding hydrogens is 532 g/mol. The van der Waals surface area contributed by atoms with Crippen molar-refractivity contribution < 1.29 is 14.7 Å². The number of aromatic nitrogens is 1. The van der Waals surface area contributed by atoms with Crippen LogP contribution < -0.4 is 10.9 Å². The first-order chi connectivity index (χ1) is 17.7. The highest BCUT2D eigenvalue weighted by Crippen LogP contribution is 2.35. The number of thioether (sulfide) groups is 1. The fourth-order valence-electron chi connectivity index (χ4n) is 4.02. The number of nitrogens with zero attached hydrogens (tertiary/aromatic N) is 3. The molecule has 0 unspecified atom stereocenters. The quantitative estimate of drug-likeness (QED) is 0.221. The van der Waals surface area contributed by atoms with E-state index < -0.39 is 11.5 Å². The van der Waals surface area contributed by atoms with E-state index in [9.17, 15) is 19.6 Å². The smallest absolute Gasteiger partial charge is 0.303 e. The van der Waals surface area contributed by atoms with E-state index in [0.29, 0.717) is 70.1 Å². The van der Waals surface area contributed by atoms with Crippen LogP contribution in [0.5, 0.6) is 0 Å². The Morgan fingerprint density at radius 2 is 2.00 bits per heavy atom. The molecule has 194 valence electrons. The lowest BCUT2D eigenvalue weighted by molar-refractivity contribution is -0.137. The van der Waals surface area contributed by atoms with Gasteiger partial charge in [0.2, 0.25) is 0 Å². The zero-order chi connectivity index (χ0) is 27.1. The minimum Gasteiger partial charge on any atom is -0.481 e. The first-order valence-corrected chi connectivity index (χ1v) is 13.4. The first kappa shape index (κ1) is 28.4. The van der Waals surface area contributed by atoms with Crippen LogP contribution in [0, 0.1) is 18.3 Å². The molecule has 0 radical (unpaired) electrons. The van der Waals surface area contributed by atoms with E-state index in [4.69, 9.17) is 28.9 Å². The summed E-state index contributed by atoms with van der Waals surface area (Å²) in [6, 6.07) is 9.37. The molecule has 1 aliphatic heterocycles. The summed E-state index contributed by atoms with van der Waals surface area (Å²) in [7, 11) is 0. The second-order valence-electron chi connectivity index (χ2n) is 8.41. The molecule has 0 saturated carbocycles. The number of carboxylic acids is 1. The van der Waals surface area contributed by atoms with Gasteiger partial charge < -0.3 is 10.4 Å². The Bertz CT molecular complexity index is 1360. The number of anilines is 1. The topological polar surface area (TPSA) is 115 Å². The molecular formula is C26H27ClN4O4S2. The monoisotopic (exact) mass is 558 g/mol. The summed E-state index contributed by atoms with van der Waals surface area (Å²) in [5, 5.41) is 22.4. The predicted molar refractivity (Wildman–Crippen MR) is 151 cm³/mol. The zero-order valence-corrected chi connectivity index (χ0v) is 22.9. The van der Waals surface area contributed by atoms with Crippen molar-refractivity contribution in [3.05, 3.63) is 66.8 Å². The predicted octanol–water partition coefficient (Wildman–Crippen LogP) is 5.16. The molecule has 2 aromatic rings. The number of pyridine rings is 1. The van der Waals surface area contributed by atoms with E-state index >= 15 is 0 Å². The number of nitrogens with one attached hydrogen (secondary N) is 1. The number of rotatable bonds is 11. The molecule has 0 atom stereocenters. The fraction of sp³-hybridized carbons (Fsp3) is 0.346. The number of aliphatic carboxylic acids is 1. The van der Waals surface area contributed by atoms with Crippen molar-refractivity contribution in [1.82, 2.24) is 9.47 Å². The Labute approximate surface area is 229 Å². The Morgan fingerprint density at radius 1 is 1.27 bits per heavy atom. The van der Waals surface area contributed by atoms with Gasteiger partial charge in [-0.1, -0.05) is 60.2 Å². The van der Waals surface area contributed by atoms with Gasteiger partial charge in [0.15, 0.2) is 0 Å². The molecule has 1 aromatic carbocycles. The highest BCUT2D eigenvalue weighted by molar-refractivity contribution is 8.26. The largest absolute Gasteiger partial charge is 0.481 e. The molecule has 0 bridgehead atoms. The van der Waals surface area contributed by atoms with Crippen LogP contribution in [0.25, 0.3) is 6.08 Å². The minimum absolute atomic E-state index is 0.0188. The summed E-state index contributed by atoms with van der Waals surface area (Å²) in [5.41, 5.74) is 1.48. The van der Waals surface area contributed by atoms with Crippen LogP contribution in [-0.2, 0) is 22.7 Å². The van der Waals surface area contributed by atoms with Gasteiger partial charge >= 0.3 is 5.97 Å². The van der Waals surface area contributed by atoms with Crippen LogP contribution in [0.4, 0.5) is 5.82 Å². The average molecular weight is 559 g/mol. The number of halogens is 1. The summed E-state index contributed by atoms with van der Waals surface area (Å²) < 4.78 is 1.90. The van der Waals surface area contributed by atoms with E-state index in [-0.39, 0.29) is 17.9 Å². The number of carbonyl (C=O) groups excluding carboxylic acids is 1. The molecule has 11 heteroatoms. The van der Waals surface area contributed by atoms with Crippen molar-refractivity contribution in [3.8, 4) is 6.07 Å². The second kappa shape index (κ2) is 12.9. The molecule has 37 heavy (non-hydrogen) atoms. The van der Waals surface area contributed by atoms with Crippen molar-refractivity contribution >= 4 is 63.7 Å². The van der Waals surface area contributed by atoms with Crippen molar-refractivity contribution in [2.45, 2.75) is 52.6 Å². The number of amides is 1. The van der Waals surface area contributed by atoms with Gasteiger partial charge in [-0.05, 0) is 50.0 Å². The SMILES string of the molecule is CCn1c(NCc2ccccc2Cl)c(/C=C2/SC(=S)N(CCCCCC(=O)O)C2=O)c(C)c(C#N)c1=O. The highest BCUT2D eigenvalue weighted by atomic mass is 35.5. The van der Waals surface area contributed by atoms with Crippen LogP contribution in [-0.4, -0.2) is 37.3 Å². The number of carboxylic acid groups (broad SMARTS) is 1. The molecule has 1 saturated heterocycles. The number of nitriles is 1. The lowest BCUT2D eigenvalue weighted by Gasteiger charge is -2.20. The van der Waals surface area contributed by atoms with Crippen molar-refractivity contribution in [2.75, 3.05) is 11.9 Å². The van der Waals surface area contributed by atoms with E-state index in [1.165, 1.54) is 21.2 Å². The average Bonchev–Trinajstić information content (AvgIpc) is 3.12. The van der Waals surface area contributed by atoms with Gasteiger partial charge in [-0.3, -0.25) is 23.9 Å². The molecule has 1 amide bonds. The lowest BCUT2D eigenvalue weighted by atomic mass is 10.0. The molecule has 1 fully saturated rings. The third kappa shape index (κ3) is 6.60. The normalized spacial score (nSPS) is 14.3. The fourth-order valence-corrected chi connectivity index (χ4v) is 5.52. The van der Waals surface area contributed by atoms with E-state index in [0.717, 1.165) is 5.56 Å². The molecule has 1 aromatic heterocycles. The minimum atomic E-state index is -0.840. The first-order valence-electron chi connectivity index (χ1n) is 11.8. The molecule has 0 aliphatic carbocycles. The van der Waals surface area contributed by atoms with Gasteiger partial charge in [-0.2, -0.15) is 5.26 Å². The second-order valence-corrected chi connectivity index (χ2v) is 10.5. The Hall–Kier alpha value is -3.13. The van der Waals surface area contributed by atoms with Gasteiger partial charge in [0, 0.05) is 36.6 Å². The van der Waals surface area contributed by atoms with Crippen LogP contribution in [0.2, 0.25) is 5.02 Å². The molecule has 1 aliphatic rings. The number of thiocarbonyl (C=S) groups is 1. The van der Waals surface area contributed by atoms with E-state index in [1.807, 2.05) is 31.2 Å². The number of carbonyl (C=O) groups is 2. The zero-order valence-electron chi connectivity index (χ0n) is 20.5. The number of hydrogen-bond donors (Lipinski definition) is 2. The van der Waals surface area contributed by atoms with Gasteiger partial charge in [0.1, 0.15) is 21.8 Å². The van der Waals surface area contributed by atoms with E-state index in [2.05, 4.69) is 5.32 Å². The van der Waals surface area contributed by atoms with Gasteiger partial charge in [-0.15, -0.1) is 0 Å². The molecule has 8 nitrogen and oxygen atoms in total. The maximum atomic E-state index is 13.2. The molecule has 3 rings (SSSR count). The molecule has 2 heterocycles. The Morgan fingerprint density at radius 3 is 2.65 bits per heavy atom. The van der Waals surface area contributed by atoms with Crippen LogP contribution in [0.1, 0.15) is 54.9 Å². The summed E-state index contributed by atoms with van der Waals surface area (Å²) in [4.78, 5) is 38.8. The number of hydrogen-bond acceptors (Lipinski definition) is 7. The Balaban J connectivity index is 1.95. The Kier molecular flexibility index (Phi) is 9.92. The van der Waals surface area contributed by atoms with Gasteiger partial charge in [0.05, 0.1) is 4.91 Å². The summed E-state index contributed by atoms with van der Waals surface area (Å²) in [6.07, 6.45) is 3.62. The summed E-state index contributed by atoms with van der Waals surface area (Å²) in [5.74, 6) is -0.603. The van der Waals surface area contributed by atoms with E-state index in [1.54, 1.807) is 19.1 Å². The van der Waals surface area contributed by atoms with Gasteiger partial charge in [-0.25, -0.2) is 0 Å². The third-order valence-electron chi connectivity index (χ3n) is 6.02. The standard InChI is InChI=1S/C26H27ClN4O4S2/c1-3-30-23(29-15-17-9-6-7-10-20(17)27)18(16(2)19(14-28)24(30)34)13-21-25(35)31(26(36)37-21)12-8-4-5-11-22(32)33/h6-7,9-10,13,29H,3-5,8,11-12,15H2,1-2H3,(H,32,33)/b21-13+. The van der Waals surface area contributed by atoms with Crippen LogP contribution >= 0.6 is 35.6 Å². The summed E-state index contributed by atoms with van der Waals surface area (Å²) >= 11 is 12.9. The molecule has 0 spiro atoms. The lowest BCUT2D eigenvalue weighted by Crippen LogP contribution is -2.29. The van der Waals surface area contributed by atoms with Crippen molar-refractivity contribution in [1.29, 1.82) is 5.26 Å². The van der Waals surface area contributed by atoms with Gasteiger partial charge in [0.25, 0.3) is 11.5 Å². The van der Waals surface area contributed by atoms with Crippen molar-refractivity contribution in [3.63, 3.8) is 0 Å². The summed E-state index contributed by atoms with van der Waals surface area (Å²) in [6.45, 7) is 4.55. The van der Waals surface area contributed by atoms with Crippen LogP contribution in [0.15, 0.2) is 34.0 Å².